The molecule has 3 heterocycles. The third-order valence-electron chi connectivity index (χ3n) is 6.85. The highest BCUT2D eigenvalue weighted by molar-refractivity contribution is 14.1. The molecule has 0 N–H and O–H groups in total. The van der Waals surface area contributed by atoms with E-state index in [0.717, 1.165) is 22.5 Å². The van der Waals surface area contributed by atoms with E-state index in [1.807, 2.05) is 27.7 Å². The fourth-order valence-corrected chi connectivity index (χ4v) is 6.22. The summed E-state index contributed by atoms with van der Waals surface area (Å²) in [5.41, 5.74) is 0. The maximum atomic E-state index is 6.77. The number of halogens is 1. The van der Waals surface area contributed by atoms with Crippen molar-refractivity contribution in [1.29, 1.82) is 0 Å². The fraction of sp³-hybridized carbons (Fsp3) is 0.926. The van der Waals surface area contributed by atoms with Gasteiger partial charge in [0.2, 0.25) is 0 Å². The second-order valence-corrected chi connectivity index (χ2v) is 19.7. The van der Waals surface area contributed by atoms with Crippen LogP contribution in [0.1, 0.15) is 47.0 Å². The van der Waals surface area contributed by atoms with E-state index in [1.54, 1.807) is 7.11 Å². The van der Waals surface area contributed by atoms with E-state index in [0.29, 0.717) is 19.6 Å². The van der Waals surface area contributed by atoms with Crippen molar-refractivity contribution in [3.63, 3.8) is 0 Å². The molecule has 3 saturated heterocycles. The maximum absolute atomic E-state index is 6.77. The molecule has 0 unspecified atom stereocenters. The molecule has 0 aromatic carbocycles. The SMILES string of the molecule is C=C(I)CC[C@@H](OCOC)[C@H]1C[C@H]2OC(C)(C)O[C@H]2[C@H]([C@H]2OC(C)(C)O[C@@H]2COCOCC[Si](C)(C)C)O1. The smallest absolute Gasteiger partial charge is 0.164 e. The standard InChI is InChI=1S/C27H49IO9Si/c1-18(28)10-11-19(32-16-29-6)20-14-21-23(36-26(2,3)34-21)25(33-20)24-22(35-27(4,5)37-24)15-31-17-30-12-13-38(7,8)9/h19-25H,1,10-17H2,2-9H3/t19-,20-,21-,22-,23-,24+,25-/m1/s1. The van der Waals surface area contributed by atoms with Crippen molar-refractivity contribution in [2.24, 2.45) is 0 Å². The number of hydrogen-bond acceptors (Lipinski definition) is 9. The van der Waals surface area contributed by atoms with Gasteiger partial charge in [-0.05, 0) is 72.8 Å². The molecule has 3 rings (SSSR count). The summed E-state index contributed by atoms with van der Waals surface area (Å²) in [5.74, 6) is -1.51. The molecule has 3 aliphatic heterocycles. The number of hydrogen-bond donors (Lipinski definition) is 0. The minimum atomic E-state index is -1.15. The first-order chi connectivity index (χ1) is 17.7. The summed E-state index contributed by atoms with van der Waals surface area (Å²) >= 11 is 2.25. The molecular weight excluding hydrogens is 623 g/mol. The second kappa shape index (κ2) is 14.0. The van der Waals surface area contributed by atoms with Crippen LogP contribution in [0.4, 0.5) is 0 Å². The fourth-order valence-electron chi connectivity index (χ4n) is 5.15. The third kappa shape index (κ3) is 10.0. The quantitative estimate of drug-likeness (QED) is 0.101. The lowest BCUT2D eigenvalue weighted by Gasteiger charge is -2.42. The zero-order chi connectivity index (χ0) is 28.1. The molecule has 0 aromatic heterocycles. The first kappa shape index (κ1) is 32.8. The predicted octanol–water partition coefficient (Wildman–Crippen LogP) is 5.23. The number of allylic oxidation sites excluding steroid dienone is 1. The minimum absolute atomic E-state index is 0.163. The van der Waals surface area contributed by atoms with Gasteiger partial charge in [-0.2, -0.15) is 0 Å². The molecule has 3 aliphatic rings. The van der Waals surface area contributed by atoms with Crippen LogP contribution >= 0.6 is 22.6 Å². The summed E-state index contributed by atoms with van der Waals surface area (Å²) < 4.78 is 56.2. The van der Waals surface area contributed by atoms with Gasteiger partial charge in [0.25, 0.3) is 0 Å². The van der Waals surface area contributed by atoms with Gasteiger partial charge in [0.05, 0.1) is 24.9 Å². The van der Waals surface area contributed by atoms with Crippen LogP contribution in [0, 0.1) is 0 Å². The highest BCUT2D eigenvalue weighted by Crippen LogP contribution is 2.43. The van der Waals surface area contributed by atoms with E-state index in [9.17, 15) is 0 Å². The van der Waals surface area contributed by atoms with Crippen LogP contribution in [0.15, 0.2) is 10.2 Å². The van der Waals surface area contributed by atoms with E-state index < -0.39 is 31.9 Å². The van der Waals surface area contributed by atoms with E-state index >= 15 is 0 Å². The monoisotopic (exact) mass is 672 g/mol. The predicted molar refractivity (Wildman–Crippen MR) is 155 cm³/mol. The van der Waals surface area contributed by atoms with Crippen LogP contribution in [-0.2, 0) is 42.6 Å². The summed E-state index contributed by atoms with van der Waals surface area (Å²) in [7, 11) is 0.474. The molecule has 222 valence electrons. The Hall–Kier alpha value is 0.327. The van der Waals surface area contributed by atoms with E-state index in [4.69, 9.17) is 42.6 Å². The van der Waals surface area contributed by atoms with Gasteiger partial charge in [-0.25, -0.2) is 0 Å². The third-order valence-corrected chi connectivity index (χ3v) is 9.09. The summed E-state index contributed by atoms with van der Waals surface area (Å²) in [4.78, 5) is 0. The zero-order valence-electron chi connectivity index (χ0n) is 24.5. The molecule has 3 fully saturated rings. The highest BCUT2D eigenvalue weighted by atomic mass is 127. The Morgan fingerprint density at radius 1 is 0.974 bits per heavy atom. The van der Waals surface area contributed by atoms with Crippen LogP contribution in [0.2, 0.25) is 25.7 Å². The van der Waals surface area contributed by atoms with Gasteiger partial charge >= 0.3 is 0 Å². The van der Waals surface area contributed by atoms with Crippen molar-refractivity contribution < 1.29 is 42.6 Å². The summed E-state index contributed by atoms with van der Waals surface area (Å²) in [6.45, 7) is 20.2. The second-order valence-electron chi connectivity index (χ2n) is 12.5. The van der Waals surface area contributed by atoms with Gasteiger partial charge in [-0.15, -0.1) is 0 Å². The van der Waals surface area contributed by atoms with Gasteiger partial charge in [-0.3, -0.25) is 0 Å². The molecule has 11 heteroatoms. The number of fused-ring (bicyclic) bond motifs is 1. The normalized spacial score (nSPS) is 33.3. The van der Waals surface area contributed by atoms with Crippen molar-refractivity contribution >= 4 is 30.7 Å². The van der Waals surface area contributed by atoms with Crippen LogP contribution < -0.4 is 0 Å². The van der Waals surface area contributed by atoms with Gasteiger partial charge in [-0.1, -0.05) is 26.2 Å². The Balaban J connectivity index is 1.72. The first-order valence-corrected chi connectivity index (χ1v) is 18.4. The van der Waals surface area contributed by atoms with Gasteiger partial charge in [0.15, 0.2) is 11.6 Å². The first-order valence-electron chi connectivity index (χ1n) is 13.7. The molecule has 0 bridgehead atoms. The van der Waals surface area contributed by atoms with Crippen molar-refractivity contribution in [1.82, 2.24) is 0 Å². The molecule has 0 saturated carbocycles. The Kier molecular flexibility index (Phi) is 12.1. The van der Waals surface area contributed by atoms with Gasteiger partial charge in [0.1, 0.15) is 38.0 Å². The largest absolute Gasteiger partial charge is 0.367 e. The molecule has 38 heavy (non-hydrogen) atoms. The topological polar surface area (TPSA) is 83.1 Å². The van der Waals surface area contributed by atoms with Gasteiger partial charge < -0.3 is 42.6 Å². The Bertz CT molecular complexity index is 759. The lowest BCUT2D eigenvalue weighted by Crippen LogP contribution is -2.57. The lowest BCUT2D eigenvalue weighted by atomic mass is 9.90. The van der Waals surface area contributed by atoms with Crippen molar-refractivity contribution in [3.8, 4) is 0 Å². The molecule has 0 aromatic rings. The average molecular weight is 673 g/mol. The molecule has 7 atom stereocenters. The van der Waals surface area contributed by atoms with Crippen LogP contribution in [0.25, 0.3) is 0 Å². The maximum Gasteiger partial charge on any atom is 0.164 e. The Morgan fingerprint density at radius 2 is 1.66 bits per heavy atom. The highest BCUT2D eigenvalue weighted by Gasteiger charge is 2.58. The molecule has 9 nitrogen and oxygen atoms in total. The molecule has 0 amide bonds. The Morgan fingerprint density at radius 3 is 2.32 bits per heavy atom. The van der Waals surface area contributed by atoms with E-state index in [-0.39, 0.29) is 44.1 Å². The number of ether oxygens (including phenoxy) is 9. The van der Waals surface area contributed by atoms with Crippen molar-refractivity contribution in [2.45, 2.75) is 127 Å². The number of rotatable bonds is 15. The average Bonchev–Trinajstić information content (AvgIpc) is 3.27. The number of methoxy groups -OCH3 is 1. The van der Waals surface area contributed by atoms with E-state index in [2.05, 4.69) is 48.8 Å². The summed E-state index contributed by atoms with van der Waals surface area (Å²) in [5, 5.41) is 0. The van der Waals surface area contributed by atoms with Crippen LogP contribution in [-0.4, -0.2) is 96.3 Å². The zero-order valence-corrected chi connectivity index (χ0v) is 27.6. The van der Waals surface area contributed by atoms with Crippen LogP contribution in [0.5, 0.6) is 0 Å². The summed E-state index contributed by atoms with van der Waals surface area (Å²) in [6.07, 6.45) is 0.142. The van der Waals surface area contributed by atoms with Gasteiger partial charge in [0, 0.05) is 28.2 Å². The molecular formula is C27H49IO9Si. The van der Waals surface area contributed by atoms with E-state index in [1.165, 1.54) is 0 Å². The van der Waals surface area contributed by atoms with Crippen molar-refractivity contribution in [3.05, 3.63) is 10.2 Å². The molecule has 0 aliphatic carbocycles. The minimum Gasteiger partial charge on any atom is -0.367 e. The lowest BCUT2D eigenvalue weighted by molar-refractivity contribution is -0.228. The molecule has 0 spiro atoms. The van der Waals surface area contributed by atoms with Crippen molar-refractivity contribution in [2.75, 3.05) is 33.9 Å². The Labute approximate surface area is 243 Å². The van der Waals surface area contributed by atoms with Crippen LogP contribution in [0.3, 0.4) is 0 Å². The molecule has 0 radical (unpaired) electrons. The summed E-state index contributed by atoms with van der Waals surface area (Å²) in [6, 6.07) is 1.10.